The van der Waals surface area contributed by atoms with Crippen LogP contribution in [0.3, 0.4) is 0 Å². The number of aromatic nitrogens is 4. The van der Waals surface area contributed by atoms with Crippen molar-refractivity contribution in [2.24, 2.45) is 0 Å². The molecule has 152 valence electrons. The van der Waals surface area contributed by atoms with Crippen molar-refractivity contribution in [3.8, 4) is 0 Å². The average molecular weight is 396 g/mol. The SMILES string of the molecule is CCn1ncc(NC(=O)Cn2nc(C(F)F)cc2C)c1C(=O)N1CCOCC1. The number of nitrogens with zero attached hydrogens (tertiary/aromatic N) is 5. The van der Waals surface area contributed by atoms with Crippen molar-refractivity contribution in [2.75, 3.05) is 31.6 Å². The summed E-state index contributed by atoms with van der Waals surface area (Å²) in [7, 11) is 0. The Labute approximate surface area is 160 Å². The van der Waals surface area contributed by atoms with Gasteiger partial charge in [-0.1, -0.05) is 0 Å². The number of rotatable bonds is 6. The van der Waals surface area contributed by atoms with Crippen LogP contribution >= 0.6 is 0 Å². The monoisotopic (exact) mass is 396 g/mol. The van der Waals surface area contributed by atoms with Crippen LogP contribution in [0, 0.1) is 6.92 Å². The molecule has 1 aliphatic rings. The molecule has 28 heavy (non-hydrogen) atoms. The molecule has 2 aromatic heterocycles. The highest BCUT2D eigenvalue weighted by atomic mass is 19.3. The van der Waals surface area contributed by atoms with Crippen molar-refractivity contribution in [2.45, 2.75) is 33.4 Å². The van der Waals surface area contributed by atoms with Crippen LogP contribution in [-0.4, -0.2) is 62.6 Å². The molecule has 2 amide bonds. The van der Waals surface area contributed by atoms with E-state index in [0.717, 1.165) is 0 Å². The Morgan fingerprint density at radius 2 is 2.00 bits per heavy atom. The van der Waals surface area contributed by atoms with Crippen LogP contribution in [0.2, 0.25) is 0 Å². The number of carbonyl (C=O) groups is 2. The van der Waals surface area contributed by atoms with E-state index in [1.54, 1.807) is 11.8 Å². The number of hydrogen-bond acceptors (Lipinski definition) is 5. The van der Waals surface area contributed by atoms with Crippen LogP contribution in [-0.2, 0) is 22.6 Å². The van der Waals surface area contributed by atoms with Crippen LogP contribution in [0.25, 0.3) is 0 Å². The minimum atomic E-state index is -2.71. The number of aryl methyl sites for hydroxylation is 2. The van der Waals surface area contributed by atoms with E-state index in [-0.39, 0.29) is 29.5 Å². The normalized spacial score (nSPS) is 14.5. The molecule has 1 N–H and O–H groups in total. The van der Waals surface area contributed by atoms with Gasteiger partial charge in [0, 0.05) is 25.3 Å². The number of ether oxygens (including phenoxy) is 1. The van der Waals surface area contributed by atoms with Gasteiger partial charge < -0.3 is 15.0 Å². The third kappa shape index (κ3) is 4.19. The highest BCUT2D eigenvalue weighted by molar-refractivity contribution is 6.02. The summed E-state index contributed by atoms with van der Waals surface area (Å²) in [4.78, 5) is 27.0. The van der Waals surface area contributed by atoms with Crippen molar-refractivity contribution in [1.82, 2.24) is 24.5 Å². The van der Waals surface area contributed by atoms with Crippen LogP contribution in [0.15, 0.2) is 12.3 Å². The second kappa shape index (κ2) is 8.46. The highest BCUT2D eigenvalue weighted by Gasteiger charge is 2.26. The van der Waals surface area contributed by atoms with Gasteiger partial charge in [0.25, 0.3) is 12.3 Å². The number of morpholine rings is 1. The second-order valence-electron chi connectivity index (χ2n) is 6.34. The molecule has 3 rings (SSSR count). The molecule has 0 unspecified atom stereocenters. The number of halogens is 2. The predicted octanol–water partition coefficient (Wildman–Crippen LogP) is 1.46. The smallest absolute Gasteiger partial charge is 0.282 e. The second-order valence-corrected chi connectivity index (χ2v) is 6.34. The minimum absolute atomic E-state index is 0.242. The zero-order valence-electron chi connectivity index (χ0n) is 15.7. The molecule has 1 aliphatic heterocycles. The summed E-state index contributed by atoms with van der Waals surface area (Å²) in [5, 5.41) is 10.5. The first-order valence-corrected chi connectivity index (χ1v) is 8.95. The van der Waals surface area contributed by atoms with Gasteiger partial charge in [-0.2, -0.15) is 10.2 Å². The van der Waals surface area contributed by atoms with Gasteiger partial charge in [0.2, 0.25) is 5.91 Å². The quantitative estimate of drug-likeness (QED) is 0.798. The standard InChI is InChI=1S/C17H22F2N6O3/c1-3-24-15(17(27)23-4-6-28-7-5-23)13(9-20-24)21-14(26)10-25-11(2)8-12(22-25)16(18)19/h8-9,16H,3-7,10H2,1-2H3,(H,21,26). The molecule has 0 atom stereocenters. The maximum Gasteiger partial charge on any atom is 0.282 e. The Morgan fingerprint density at radius 1 is 1.29 bits per heavy atom. The molecule has 0 radical (unpaired) electrons. The Hall–Kier alpha value is -2.82. The van der Waals surface area contributed by atoms with Crippen molar-refractivity contribution < 1.29 is 23.1 Å². The number of nitrogens with one attached hydrogen (secondary N) is 1. The lowest BCUT2D eigenvalue weighted by molar-refractivity contribution is -0.117. The van der Waals surface area contributed by atoms with Crippen LogP contribution in [0.1, 0.15) is 35.2 Å². The summed E-state index contributed by atoms with van der Waals surface area (Å²) in [6, 6.07) is 1.24. The summed E-state index contributed by atoms with van der Waals surface area (Å²) >= 11 is 0. The van der Waals surface area contributed by atoms with E-state index in [4.69, 9.17) is 4.74 Å². The first kappa shape index (κ1) is 19.9. The lowest BCUT2D eigenvalue weighted by atomic mass is 10.2. The molecule has 2 aromatic rings. The third-order valence-electron chi connectivity index (χ3n) is 4.43. The fourth-order valence-corrected chi connectivity index (χ4v) is 2.99. The molecule has 0 spiro atoms. The number of alkyl halides is 2. The first-order valence-electron chi connectivity index (χ1n) is 8.95. The van der Waals surface area contributed by atoms with E-state index >= 15 is 0 Å². The Bertz CT molecular complexity index is 857. The highest BCUT2D eigenvalue weighted by Crippen LogP contribution is 2.20. The summed E-state index contributed by atoms with van der Waals surface area (Å²) in [5.74, 6) is -0.730. The van der Waals surface area contributed by atoms with Gasteiger partial charge in [0.1, 0.15) is 17.9 Å². The van der Waals surface area contributed by atoms with E-state index in [1.807, 2.05) is 6.92 Å². The van der Waals surface area contributed by atoms with Gasteiger partial charge >= 0.3 is 0 Å². The number of anilines is 1. The maximum atomic E-state index is 12.9. The lowest BCUT2D eigenvalue weighted by Gasteiger charge is -2.27. The van der Waals surface area contributed by atoms with Crippen LogP contribution < -0.4 is 5.32 Å². The fraction of sp³-hybridized carbons (Fsp3) is 0.529. The largest absolute Gasteiger partial charge is 0.378 e. The summed E-state index contributed by atoms with van der Waals surface area (Å²) in [6.45, 7) is 5.48. The zero-order chi connectivity index (χ0) is 20.3. The van der Waals surface area contributed by atoms with Crippen molar-refractivity contribution in [3.63, 3.8) is 0 Å². The summed E-state index contributed by atoms with van der Waals surface area (Å²) in [5.41, 5.74) is 0.622. The Balaban J connectivity index is 1.76. The molecule has 9 nitrogen and oxygen atoms in total. The average Bonchev–Trinajstić information content (AvgIpc) is 3.25. The predicted molar refractivity (Wildman–Crippen MR) is 95.2 cm³/mol. The first-order chi connectivity index (χ1) is 13.4. The van der Waals surface area contributed by atoms with E-state index in [9.17, 15) is 18.4 Å². The molecular formula is C17H22F2N6O3. The van der Waals surface area contributed by atoms with Gasteiger partial charge in [-0.3, -0.25) is 19.0 Å². The topological polar surface area (TPSA) is 94.3 Å². The molecule has 0 bridgehead atoms. The van der Waals surface area contributed by atoms with E-state index in [1.165, 1.54) is 21.6 Å². The molecule has 3 heterocycles. The fourth-order valence-electron chi connectivity index (χ4n) is 2.99. The number of amides is 2. The van der Waals surface area contributed by atoms with Crippen LogP contribution in [0.4, 0.5) is 14.5 Å². The number of hydrogen-bond donors (Lipinski definition) is 1. The van der Waals surface area contributed by atoms with Gasteiger partial charge in [-0.25, -0.2) is 8.78 Å². The third-order valence-corrected chi connectivity index (χ3v) is 4.43. The minimum Gasteiger partial charge on any atom is -0.378 e. The Kier molecular flexibility index (Phi) is 6.02. The van der Waals surface area contributed by atoms with Gasteiger partial charge in [-0.15, -0.1) is 0 Å². The molecule has 0 saturated carbocycles. The van der Waals surface area contributed by atoms with Crippen molar-refractivity contribution in [3.05, 3.63) is 29.3 Å². The van der Waals surface area contributed by atoms with E-state index in [2.05, 4.69) is 15.5 Å². The van der Waals surface area contributed by atoms with Crippen LogP contribution in [0.5, 0.6) is 0 Å². The molecule has 0 aromatic carbocycles. The molecule has 1 fully saturated rings. The van der Waals surface area contributed by atoms with Gasteiger partial charge in [0.15, 0.2) is 0 Å². The van der Waals surface area contributed by atoms with Crippen molar-refractivity contribution >= 4 is 17.5 Å². The van der Waals surface area contributed by atoms with Gasteiger partial charge in [-0.05, 0) is 19.9 Å². The summed E-state index contributed by atoms with van der Waals surface area (Å²) < 4.78 is 33.5. The zero-order valence-corrected chi connectivity index (χ0v) is 15.7. The van der Waals surface area contributed by atoms with Gasteiger partial charge in [0.05, 0.1) is 25.1 Å². The van der Waals surface area contributed by atoms with E-state index in [0.29, 0.717) is 38.5 Å². The molecule has 0 aliphatic carbocycles. The molecule has 11 heteroatoms. The summed E-state index contributed by atoms with van der Waals surface area (Å²) in [6.07, 6.45) is -1.29. The Morgan fingerprint density at radius 3 is 2.61 bits per heavy atom. The molecular weight excluding hydrogens is 374 g/mol. The maximum absolute atomic E-state index is 12.9. The van der Waals surface area contributed by atoms with E-state index < -0.39 is 12.3 Å². The lowest BCUT2D eigenvalue weighted by Crippen LogP contribution is -2.41. The van der Waals surface area contributed by atoms with Crippen molar-refractivity contribution in [1.29, 1.82) is 0 Å². The number of carbonyl (C=O) groups excluding carboxylic acids is 2. The molecule has 1 saturated heterocycles.